The molecule has 1 fully saturated rings. The molecule has 1 saturated heterocycles. The number of pyridine rings is 1. The molecule has 0 unspecified atom stereocenters. The second-order valence-corrected chi connectivity index (χ2v) is 7.04. The Hall–Kier alpha value is -1.09. The highest BCUT2D eigenvalue weighted by atomic mass is 15.2. The number of hydrogen-bond acceptors (Lipinski definition) is 3. The Labute approximate surface area is 138 Å². The summed E-state index contributed by atoms with van der Waals surface area (Å²) >= 11 is 0. The quantitative estimate of drug-likeness (QED) is 0.750. The number of likely N-dealkylation sites (tertiary alicyclic amines) is 1. The highest BCUT2D eigenvalue weighted by Crippen LogP contribution is 2.40. The summed E-state index contributed by atoms with van der Waals surface area (Å²) in [7, 11) is 0. The van der Waals surface area contributed by atoms with E-state index in [-0.39, 0.29) is 1.43 Å². The summed E-state index contributed by atoms with van der Waals surface area (Å²) in [6.07, 6.45) is 7.20. The van der Waals surface area contributed by atoms with E-state index < -0.39 is 0 Å². The predicted molar refractivity (Wildman–Crippen MR) is 97.6 cm³/mol. The van der Waals surface area contributed by atoms with Gasteiger partial charge in [-0.05, 0) is 48.9 Å². The zero-order valence-electron chi connectivity index (χ0n) is 14.9. The van der Waals surface area contributed by atoms with Gasteiger partial charge in [-0.1, -0.05) is 46.6 Å². The van der Waals surface area contributed by atoms with Gasteiger partial charge < -0.3 is 10.2 Å². The SMILES string of the molecule is CCC(C)(CC)[C@H](C)c1ccc(NCCN2CCCC2)nc1.[HH]. The standard InChI is InChI=1S/C19H33N3.H2/c1-5-19(4,6-2)16(3)17-9-10-18(21-15-17)20-11-14-22-12-7-8-13-22;/h9-10,15-16H,5-8,11-14H2,1-4H3,(H,20,21);1H/t16-;/m1./s1. The second kappa shape index (κ2) is 7.96. The minimum atomic E-state index is 0. The van der Waals surface area contributed by atoms with Crippen LogP contribution in [-0.2, 0) is 0 Å². The van der Waals surface area contributed by atoms with Crippen LogP contribution in [0, 0.1) is 5.41 Å². The number of nitrogens with zero attached hydrogens (tertiary/aromatic N) is 2. The first-order valence-electron chi connectivity index (χ1n) is 9.01. The van der Waals surface area contributed by atoms with Crippen LogP contribution < -0.4 is 5.32 Å². The highest BCUT2D eigenvalue weighted by molar-refractivity contribution is 5.36. The first-order valence-corrected chi connectivity index (χ1v) is 9.01. The molecular weight excluding hydrogens is 270 g/mol. The lowest BCUT2D eigenvalue weighted by molar-refractivity contribution is 0.243. The van der Waals surface area contributed by atoms with E-state index in [1.165, 1.54) is 44.3 Å². The van der Waals surface area contributed by atoms with E-state index in [1.54, 1.807) is 0 Å². The molecule has 1 aromatic heterocycles. The normalized spacial score (nSPS) is 17.6. The number of nitrogens with one attached hydrogen (secondary N) is 1. The largest absolute Gasteiger partial charge is 0.369 e. The Morgan fingerprint density at radius 2 is 1.95 bits per heavy atom. The van der Waals surface area contributed by atoms with Crippen molar-refractivity contribution in [3.63, 3.8) is 0 Å². The number of aromatic nitrogens is 1. The maximum absolute atomic E-state index is 4.62. The maximum Gasteiger partial charge on any atom is 0.125 e. The van der Waals surface area contributed by atoms with Gasteiger partial charge in [-0.15, -0.1) is 0 Å². The van der Waals surface area contributed by atoms with Gasteiger partial charge >= 0.3 is 0 Å². The zero-order chi connectivity index (χ0) is 16.0. The Morgan fingerprint density at radius 1 is 1.27 bits per heavy atom. The van der Waals surface area contributed by atoms with E-state index in [1.807, 2.05) is 0 Å². The average molecular weight is 306 g/mol. The van der Waals surface area contributed by atoms with Crippen molar-refractivity contribution < 1.29 is 1.43 Å². The fourth-order valence-corrected chi connectivity index (χ4v) is 3.38. The van der Waals surface area contributed by atoms with Crippen LogP contribution in [0.2, 0.25) is 0 Å². The third-order valence-corrected chi connectivity index (χ3v) is 5.88. The smallest absolute Gasteiger partial charge is 0.125 e. The third kappa shape index (κ3) is 4.22. The molecule has 0 radical (unpaired) electrons. The van der Waals surface area contributed by atoms with Gasteiger partial charge in [0.1, 0.15) is 5.82 Å². The molecule has 0 amide bonds. The number of rotatable bonds is 8. The first kappa shape index (κ1) is 17.3. The van der Waals surface area contributed by atoms with Gasteiger partial charge in [-0.3, -0.25) is 0 Å². The lowest BCUT2D eigenvalue weighted by atomic mass is 9.71. The van der Waals surface area contributed by atoms with Crippen LogP contribution in [-0.4, -0.2) is 36.1 Å². The molecule has 1 aliphatic rings. The van der Waals surface area contributed by atoms with Gasteiger partial charge in [0.05, 0.1) is 0 Å². The summed E-state index contributed by atoms with van der Waals surface area (Å²) in [6, 6.07) is 4.39. The van der Waals surface area contributed by atoms with E-state index >= 15 is 0 Å². The molecule has 0 saturated carbocycles. The van der Waals surface area contributed by atoms with Gasteiger partial charge in [0.2, 0.25) is 0 Å². The van der Waals surface area contributed by atoms with E-state index in [2.05, 4.69) is 61.2 Å². The summed E-state index contributed by atoms with van der Waals surface area (Å²) in [6.45, 7) is 14.0. The summed E-state index contributed by atoms with van der Waals surface area (Å²) < 4.78 is 0. The Balaban J connectivity index is 0.00000264. The molecular formula is C19H35N3. The summed E-state index contributed by atoms with van der Waals surface area (Å²) in [5.41, 5.74) is 1.73. The van der Waals surface area contributed by atoms with Gasteiger partial charge in [0.25, 0.3) is 0 Å². The molecule has 2 rings (SSSR count). The van der Waals surface area contributed by atoms with Crippen molar-refractivity contribution >= 4 is 5.82 Å². The van der Waals surface area contributed by atoms with Gasteiger partial charge in [-0.2, -0.15) is 0 Å². The molecule has 1 N–H and O–H groups in total. The van der Waals surface area contributed by atoms with Crippen molar-refractivity contribution in [1.29, 1.82) is 0 Å². The van der Waals surface area contributed by atoms with Gasteiger partial charge in [0, 0.05) is 20.7 Å². The topological polar surface area (TPSA) is 28.2 Å². The lowest BCUT2D eigenvalue weighted by Crippen LogP contribution is -2.26. The van der Waals surface area contributed by atoms with Crippen molar-refractivity contribution in [2.75, 3.05) is 31.5 Å². The molecule has 2 heterocycles. The molecule has 3 nitrogen and oxygen atoms in total. The van der Waals surface area contributed by atoms with Crippen LogP contribution in [0.15, 0.2) is 18.3 Å². The van der Waals surface area contributed by atoms with Crippen molar-refractivity contribution in [3.8, 4) is 0 Å². The van der Waals surface area contributed by atoms with E-state index in [0.29, 0.717) is 11.3 Å². The monoisotopic (exact) mass is 305 g/mol. The summed E-state index contributed by atoms with van der Waals surface area (Å²) in [5, 5.41) is 3.45. The van der Waals surface area contributed by atoms with Gasteiger partial charge in [0.15, 0.2) is 0 Å². The minimum absolute atomic E-state index is 0. The van der Waals surface area contributed by atoms with Crippen molar-refractivity contribution in [3.05, 3.63) is 23.9 Å². The fraction of sp³-hybridized carbons (Fsp3) is 0.737. The Morgan fingerprint density at radius 3 is 2.50 bits per heavy atom. The number of hydrogen-bond donors (Lipinski definition) is 1. The van der Waals surface area contributed by atoms with Gasteiger partial charge in [-0.25, -0.2) is 4.98 Å². The van der Waals surface area contributed by atoms with Crippen molar-refractivity contribution in [2.45, 2.75) is 59.3 Å². The van der Waals surface area contributed by atoms with Crippen LogP contribution >= 0.6 is 0 Å². The van der Waals surface area contributed by atoms with E-state index in [0.717, 1.165) is 18.9 Å². The molecule has 0 spiro atoms. The fourth-order valence-electron chi connectivity index (χ4n) is 3.38. The number of anilines is 1. The molecule has 1 aliphatic heterocycles. The molecule has 0 aromatic carbocycles. The Kier molecular flexibility index (Phi) is 6.25. The van der Waals surface area contributed by atoms with Crippen LogP contribution in [0.3, 0.4) is 0 Å². The summed E-state index contributed by atoms with van der Waals surface area (Å²) in [4.78, 5) is 7.14. The Bertz CT molecular complexity index is 436. The predicted octanol–water partition coefficient (Wildman–Crippen LogP) is 4.77. The molecule has 1 atom stereocenters. The molecule has 22 heavy (non-hydrogen) atoms. The van der Waals surface area contributed by atoms with Crippen molar-refractivity contribution in [2.24, 2.45) is 5.41 Å². The minimum Gasteiger partial charge on any atom is -0.369 e. The van der Waals surface area contributed by atoms with Crippen LogP contribution in [0.25, 0.3) is 0 Å². The van der Waals surface area contributed by atoms with Crippen LogP contribution in [0.1, 0.15) is 66.3 Å². The molecule has 0 aliphatic carbocycles. The average Bonchev–Trinajstić information content (AvgIpc) is 3.07. The van der Waals surface area contributed by atoms with E-state index in [9.17, 15) is 0 Å². The molecule has 1 aromatic rings. The lowest BCUT2D eigenvalue weighted by Gasteiger charge is -2.34. The zero-order valence-corrected chi connectivity index (χ0v) is 14.9. The van der Waals surface area contributed by atoms with Crippen molar-refractivity contribution in [1.82, 2.24) is 9.88 Å². The summed E-state index contributed by atoms with van der Waals surface area (Å²) in [5.74, 6) is 1.55. The molecule has 3 heteroatoms. The highest BCUT2D eigenvalue weighted by Gasteiger charge is 2.28. The van der Waals surface area contributed by atoms with Crippen LogP contribution in [0.4, 0.5) is 5.82 Å². The van der Waals surface area contributed by atoms with Crippen LogP contribution in [0.5, 0.6) is 0 Å². The third-order valence-electron chi connectivity index (χ3n) is 5.88. The maximum atomic E-state index is 4.62. The second-order valence-electron chi connectivity index (χ2n) is 7.04. The molecule has 126 valence electrons. The molecule has 0 bridgehead atoms. The van der Waals surface area contributed by atoms with E-state index in [4.69, 9.17) is 0 Å². The first-order chi connectivity index (χ1) is 10.6.